The van der Waals surface area contributed by atoms with E-state index >= 15 is 0 Å². The number of hydrazone groups is 1. The van der Waals surface area contributed by atoms with Gasteiger partial charge in [0, 0.05) is 30.2 Å². The van der Waals surface area contributed by atoms with Gasteiger partial charge < -0.3 is 5.73 Å². The van der Waals surface area contributed by atoms with Crippen LogP contribution in [0, 0.1) is 26.1 Å². The van der Waals surface area contributed by atoms with Crippen molar-refractivity contribution >= 4 is 40.5 Å². The molecule has 2 aliphatic rings. The monoisotopic (exact) mass is 437 g/mol. The number of thiocarbonyl (C=S) groups is 1. The minimum atomic E-state index is -0.433. The zero-order valence-electron chi connectivity index (χ0n) is 16.4. The average Bonchev–Trinajstić information content (AvgIpc) is 3.15. The van der Waals surface area contributed by atoms with Gasteiger partial charge in [-0.3, -0.25) is 20.2 Å². The lowest BCUT2D eigenvalue weighted by molar-refractivity contribution is -0.385. The van der Waals surface area contributed by atoms with Gasteiger partial charge in [-0.15, -0.1) is 0 Å². The van der Waals surface area contributed by atoms with Crippen LogP contribution in [0.5, 0.6) is 0 Å². The summed E-state index contributed by atoms with van der Waals surface area (Å²) in [5.74, 6) is 0.0426. The maximum atomic E-state index is 11.0. The van der Waals surface area contributed by atoms with Gasteiger partial charge in [0.05, 0.1) is 21.6 Å². The molecule has 2 aromatic rings. The van der Waals surface area contributed by atoms with Crippen molar-refractivity contribution in [1.29, 1.82) is 0 Å². The van der Waals surface area contributed by atoms with Gasteiger partial charge in [-0.1, -0.05) is 12.1 Å². The molecular formula is C21H19N5O4S. The molecule has 158 valence electrons. The highest BCUT2D eigenvalue weighted by molar-refractivity contribution is 7.80. The van der Waals surface area contributed by atoms with E-state index in [0.29, 0.717) is 0 Å². The number of hydrogen-bond acceptors (Lipinski definition) is 6. The van der Waals surface area contributed by atoms with Crippen LogP contribution >= 0.6 is 12.2 Å². The van der Waals surface area contributed by atoms with Crippen molar-refractivity contribution in [2.75, 3.05) is 0 Å². The Labute approximate surface area is 183 Å². The van der Waals surface area contributed by atoms with Crippen LogP contribution in [0.25, 0.3) is 6.08 Å². The minimum absolute atomic E-state index is 0.0205. The number of fused-ring (bicyclic) bond motifs is 1. The van der Waals surface area contributed by atoms with E-state index in [1.54, 1.807) is 29.3 Å². The first-order valence-corrected chi connectivity index (χ1v) is 10.1. The number of allylic oxidation sites excluding steroid dienone is 1. The summed E-state index contributed by atoms with van der Waals surface area (Å²) in [6, 6.07) is 12.5. The van der Waals surface area contributed by atoms with Gasteiger partial charge in [0.1, 0.15) is 0 Å². The zero-order chi connectivity index (χ0) is 22.1. The highest BCUT2D eigenvalue weighted by Gasteiger charge is 2.42. The van der Waals surface area contributed by atoms with Gasteiger partial charge in [-0.25, -0.2) is 5.01 Å². The van der Waals surface area contributed by atoms with E-state index in [2.05, 4.69) is 0 Å². The van der Waals surface area contributed by atoms with Gasteiger partial charge in [-0.05, 0) is 66.4 Å². The van der Waals surface area contributed by atoms with E-state index in [0.717, 1.165) is 41.7 Å². The number of nitro benzene ring substituents is 2. The summed E-state index contributed by atoms with van der Waals surface area (Å²) in [6.07, 6.45) is 4.64. The molecule has 0 aromatic heterocycles. The molecule has 2 atom stereocenters. The Kier molecular flexibility index (Phi) is 5.47. The fourth-order valence-corrected chi connectivity index (χ4v) is 4.36. The Morgan fingerprint density at radius 3 is 2.19 bits per heavy atom. The molecule has 10 heteroatoms. The number of benzene rings is 2. The molecule has 0 unspecified atom stereocenters. The Morgan fingerprint density at radius 1 is 1.06 bits per heavy atom. The molecule has 1 saturated carbocycles. The van der Waals surface area contributed by atoms with Crippen LogP contribution in [0.1, 0.15) is 36.4 Å². The van der Waals surface area contributed by atoms with Crippen molar-refractivity contribution in [1.82, 2.24) is 5.01 Å². The highest BCUT2D eigenvalue weighted by Crippen LogP contribution is 2.44. The van der Waals surface area contributed by atoms with E-state index in [-0.39, 0.29) is 28.4 Å². The van der Waals surface area contributed by atoms with Gasteiger partial charge in [0.2, 0.25) is 0 Å². The van der Waals surface area contributed by atoms with Gasteiger partial charge in [0.25, 0.3) is 11.4 Å². The Bertz CT molecular complexity index is 1110. The smallest absolute Gasteiger partial charge is 0.269 e. The highest BCUT2D eigenvalue weighted by atomic mass is 32.1. The number of nitro groups is 2. The molecule has 1 aliphatic heterocycles. The molecule has 2 N–H and O–H groups in total. The van der Waals surface area contributed by atoms with E-state index in [9.17, 15) is 20.2 Å². The summed E-state index contributed by atoms with van der Waals surface area (Å²) in [7, 11) is 0. The standard InChI is InChI=1S/C21H19N5O4S/c22-21(31)24-20(14-6-10-17(11-7-14)26(29)30)18-3-1-2-15(19(18)23-24)12-13-4-8-16(9-5-13)25(27)28/h4-12,18,20H,1-3H2,(H2,22,31)/b15-12-/t18-,20-/m1/s1. The number of non-ortho nitro benzene ring substituents is 2. The fourth-order valence-electron chi connectivity index (χ4n) is 4.20. The summed E-state index contributed by atoms with van der Waals surface area (Å²) in [4.78, 5) is 21.0. The van der Waals surface area contributed by atoms with Crippen LogP contribution in [0.4, 0.5) is 11.4 Å². The molecule has 0 spiro atoms. The minimum Gasteiger partial charge on any atom is -0.375 e. The van der Waals surface area contributed by atoms with Crippen LogP contribution in [0.2, 0.25) is 0 Å². The second-order valence-corrected chi connectivity index (χ2v) is 7.90. The Hall–Kier alpha value is -3.66. The average molecular weight is 437 g/mol. The lowest BCUT2D eigenvalue weighted by Crippen LogP contribution is -2.34. The van der Waals surface area contributed by atoms with E-state index in [4.69, 9.17) is 23.1 Å². The SMILES string of the molecule is NC(=S)N1N=C2/C(=C\c3ccc([N+](=O)[O-])cc3)CCC[C@H]2[C@H]1c1ccc([N+](=O)[O-])cc1. The van der Waals surface area contributed by atoms with Crippen molar-refractivity contribution in [3.8, 4) is 0 Å². The number of hydrogen-bond donors (Lipinski definition) is 1. The quantitative estimate of drug-likeness (QED) is 0.428. The summed E-state index contributed by atoms with van der Waals surface area (Å²) < 4.78 is 0. The van der Waals surface area contributed by atoms with Gasteiger partial charge in [-0.2, -0.15) is 5.10 Å². The zero-order valence-corrected chi connectivity index (χ0v) is 17.2. The molecule has 0 bridgehead atoms. The lowest BCUT2D eigenvalue weighted by atomic mass is 9.77. The summed E-state index contributed by atoms with van der Waals surface area (Å²) in [5, 5.41) is 28.4. The molecule has 1 fully saturated rings. The van der Waals surface area contributed by atoms with E-state index in [1.807, 2.05) is 6.08 Å². The predicted molar refractivity (Wildman–Crippen MR) is 120 cm³/mol. The maximum Gasteiger partial charge on any atom is 0.269 e. The van der Waals surface area contributed by atoms with Crippen LogP contribution in [0.3, 0.4) is 0 Å². The maximum absolute atomic E-state index is 11.0. The second kappa shape index (κ2) is 8.23. The van der Waals surface area contributed by atoms with Crippen molar-refractivity contribution in [3.63, 3.8) is 0 Å². The number of rotatable bonds is 4. The second-order valence-electron chi connectivity index (χ2n) is 7.48. The van der Waals surface area contributed by atoms with Crippen LogP contribution in [0.15, 0.2) is 59.2 Å². The summed E-state index contributed by atoms with van der Waals surface area (Å²) >= 11 is 5.23. The lowest BCUT2D eigenvalue weighted by Gasteiger charge is -2.29. The van der Waals surface area contributed by atoms with Crippen LogP contribution < -0.4 is 5.73 Å². The van der Waals surface area contributed by atoms with E-state index < -0.39 is 9.85 Å². The molecule has 0 saturated heterocycles. The summed E-state index contributed by atoms with van der Waals surface area (Å²) in [5.41, 5.74) is 9.66. The molecular weight excluding hydrogens is 418 g/mol. The van der Waals surface area contributed by atoms with Crippen LogP contribution in [-0.2, 0) is 0 Å². The van der Waals surface area contributed by atoms with Crippen molar-refractivity contribution < 1.29 is 9.85 Å². The van der Waals surface area contributed by atoms with Crippen LogP contribution in [-0.4, -0.2) is 25.7 Å². The third-order valence-corrected chi connectivity index (χ3v) is 5.80. The molecule has 31 heavy (non-hydrogen) atoms. The Balaban J connectivity index is 1.68. The summed E-state index contributed by atoms with van der Waals surface area (Å²) in [6.45, 7) is 0. The number of nitrogens with two attached hydrogens (primary N) is 1. The topological polar surface area (TPSA) is 128 Å². The molecule has 1 heterocycles. The fraction of sp³-hybridized carbons (Fsp3) is 0.238. The Morgan fingerprint density at radius 2 is 1.65 bits per heavy atom. The first-order valence-electron chi connectivity index (χ1n) is 9.72. The van der Waals surface area contributed by atoms with Crippen molar-refractivity contribution in [2.45, 2.75) is 25.3 Å². The molecule has 0 radical (unpaired) electrons. The largest absolute Gasteiger partial charge is 0.375 e. The third-order valence-electron chi connectivity index (χ3n) is 5.62. The first kappa shape index (κ1) is 20.6. The van der Waals surface area contributed by atoms with Crippen molar-refractivity contribution in [3.05, 3.63) is 85.5 Å². The molecule has 9 nitrogen and oxygen atoms in total. The van der Waals surface area contributed by atoms with Gasteiger partial charge >= 0.3 is 0 Å². The third kappa shape index (κ3) is 4.02. The molecule has 2 aromatic carbocycles. The normalized spacial score (nSPS) is 21.5. The molecule has 0 amide bonds. The van der Waals surface area contributed by atoms with E-state index in [1.165, 1.54) is 24.3 Å². The predicted octanol–water partition coefficient (Wildman–Crippen LogP) is 4.34. The first-order chi connectivity index (χ1) is 14.8. The molecule has 4 rings (SSSR count). The number of nitrogens with zero attached hydrogens (tertiary/aromatic N) is 4. The van der Waals surface area contributed by atoms with Crippen molar-refractivity contribution in [2.24, 2.45) is 16.8 Å². The molecule has 1 aliphatic carbocycles. The van der Waals surface area contributed by atoms with Gasteiger partial charge in [0.15, 0.2) is 5.11 Å².